The highest BCUT2D eigenvalue weighted by Crippen LogP contribution is 2.23. The van der Waals surface area contributed by atoms with Gasteiger partial charge in [0.1, 0.15) is 17.1 Å². The number of amides is 1. The van der Waals surface area contributed by atoms with Gasteiger partial charge in [0.2, 0.25) is 0 Å². The molecule has 1 aromatic carbocycles. The lowest BCUT2D eigenvalue weighted by Crippen LogP contribution is -2.13. The minimum absolute atomic E-state index is 0.0251. The van der Waals surface area contributed by atoms with Gasteiger partial charge in [-0.1, -0.05) is 0 Å². The van der Waals surface area contributed by atoms with E-state index >= 15 is 0 Å². The van der Waals surface area contributed by atoms with Crippen molar-refractivity contribution in [3.63, 3.8) is 0 Å². The number of halogens is 1. The van der Waals surface area contributed by atoms with Crippen LogP contribution in [0.5, 0.6) is 5.75 Å². The summed E-state index contributed by atoms with van der Waals surface area (Å²) >= 11 is 0. The second-order valence-corrected chi connectivity index (χ2v) is 4.07. The maximum Gasteiger partial charge on any atom is 0.339 e. The third-order valence-corrected chi connectivity index (χ3v) is 2.66. The van der Waals surface area contributed by atoms with Crippen molar-refractivity contribution in [3.05, 3.63) is 53.6 Å². The molecule has 1 aromatic heterocycles. The van der Waals surface area contributed by atoms with Crippen LogP contribution in [0.1, 0.15) is 20.7 Å². The number of benzene rings is 1. The lowest BCUT2D eigenvalue weighted by molar-refractivity contribution is 0.0693. The fourth-order valence-electron chi connectivity index (χ4n) is 1.68. The van der Waals surface area contributed by atoms with Gasteiger partial charge in [-0.15, -0.1) is 0 Å². The summed E-state index contributed by atoms with van der Waals surface area (Å²) in [5.74, 6) is -2.22. The molecule has 0 unspecified atom stereocenters. The molecule has 0 aliphatic rings. The number of ether oxygens (including phenoxy) is 1. The number of nitrogens with one attached hydrogen (secondary N) is 1. The van der Waals surface area contributed by atoms with Gasteiger partial charge >= 0.3 is 5.97 Å². The molecule has 0 bridgehead atoms. The fraction of sp³-hybridized carbons (Fsp3) is 0.0714. The Kier molecular flexibility index (Phi) is 4.13. The predicted octanol–water partition coefficient (Wildman–Crippen LogP) is 2.18. The third-order valence-electron chi connectivity index (χ3n) is 2.66. The minimum atomic E-state index is -1.14. The third kappa shape index (κ3) is 3.33. The molecule has 0 aliphatic carbocycles. The predicted molar refractivity (Wildman–Crippen MR) is 72.1 cm³/mol. The van der Waals surface area contributed by atoms with Crippen LogP contribution >= 0.6 is 0 Å². The number of nitrogens with zero attached hydrogens (tertiary/aromatic N) is 1. The molecule has 0 atom stereocenters. The molecule has 0 aliphatic heterocycles. The second kappa shape index (κ2) is 6.00. The largest absolute Gasteiger partial charge is 0.496 e. The van der Waals surface area contributed by atoms with Crippen molar-refractivity contribution in [2.45, 2.75) is 0 Å². The molecule has 0 radical (unpaired) electrons. The summed E-state index contributed by atoms with van der Waals surface area (Å²) in [5, 5.41) is 11.5. The summed E-state index contributed by atoms with van der Waals surface area (Å²) in [5.41, 5.74) is 0.352. The zero-order chi connectivity index (χ0) is 15.4. The first-order valence-electron chi connectivity index (χ1n) is 5.84. The van der Waals surface area contributed by atoms with Gasteiger partial charge in [-0.3, -0.25) is 9.78 Å². The van der Waals surface area contributed by atoms with Gasteiger partial charge < -0.3 is 15.2 Å². The maximum atomic E-state index is 13.0. The Morgan fingerprint density at radius 1 is 1.29 bits per heavy atom. The Morgan fingerprint density at radius 2 is 2.05 bits per heavy atom. The van der Waals surface area contributed by atoms with Gasteiger partial charge in [-0.25, -0.2) is 9.18 Å². The number of anilines is 1. The molecule has 2 aromatic rings. The van der Waals surface area contributed by atoms with Crippen molar-refractivity contribution in [3.8, 4) is 5.75 Å². The van der Waals surface area contributed by atoms with Gasteiger partial charge in [0.05, 0.1) is 18.9 Å². The number of methoxy groups -OCH3 is 1. The van der Waals surface area contributed by atoms with E-state index in [2.05, 4.69) is 10.3 Å². The molecule has 0 saturated heterocycles. The van der Waals surface area contributed by atoms with Crippen LogP contribution in [-0.2, 0) is 0 Å². The van der Waals surface area contributed by atoms with E-state index in [1.807, 2.05) is 0 Å². The van der Waals surface area contributed by atoms with E-state index in [1.165, 1.54) is 31.5 Å². The van der Waals surface area contributed by atoms with Crippen molar-refractivity contribution in [2.75, 3.05) is 12.4 Å². The van der Waals surface area contributed by atoms with Gasteiger partial charge in [-0.05, 0) is 18.2 Å². The lowest BCUT2D eigenvalue weighted by Gasteiger charge is -2.09. The number of carbonyl (C=O) groups excluding carboxylic acids is 1. The monoisotopic (exact) mass is 290 g/mol. The zero-order valence-electron chi connectivity index (χ0n) is 11.0. The first-order chi connectivity index (χ1) is 10.0. The first-order valence-corrected chi connectivity index (χ1v) is 5.84. The summed E-state index contributed by atoms with van der Waals surface area (Å²) in [6, 6.07) is 5.14. The molecule has 0 saturated carbocycles. The van der Waals surface area contributed by atoms with E-state index in [9.17, 15) is 14.0 Å². The average Bonchev–Trinajstić information content (AvgIpc) is 2.46. The molecule has 0 fully saturated rings. The molecule has 108 valence electrons. The van der Waals surface area contributed by atoms with Crippen LogP contribution in [0.15, 0.2) is 36.7 Å². The maximum absolute atomic E-state index is 13.0. The van der Waals surface area contributed by atoms with Gasteiger partial charge in [0, 0.05) is 18.0 Å². The number of carbonyl (C=O) groups is 2. The normalized spacial score (nSPS) is 10.0. The average molecular weight is 290 g/mol. The molecule has 2 rings (SSSR count). The van der Waals surface area contributed by atoms with Crippen molar-refractivity contribution in [1.82, 2.24) is 4.98 Å². The van der Waals surface area contributed by atoms with E-state index in [4.69, 9.17) is 9.84 Å². The van der Waals surface area contributed by atoms with Gasteiger partial charge in [0.15, 0.2) is 0 Å². The van der Waals surface area contributed by atoms with Crippen LogP contribution in [0.2, 0.25) is 0 Å². The molecular formula is C14H11FN2O4. The number of hydrogen-bond donors (Lipinski definition) is 2. The summed E-state index contributed by atoms with van der Waals surface area (Å²) < 4.78 is 17.9. The van der Waals surface area contributed by atoms with E-state index in [0.29, 0.717) is 5.69 Å². The quantitative estimate of drug-likeness (QED) is 0.901. The van der Waals surface area contributed by atoms with Gasteiger partial charge in [-0.2, -0.15) is 0 Å². The Morgan fingerprint density at radius 3 is 2.67 bits per heavy atom. The first kappa shape index (κ1) is 14.4. The smallest absolute Gasteiger partial charge is 0.339 e. The van der Waals surface area contributed by atoms with Crippen molar-refractivity contribution in [1.29, 1.82) is 0 Å². The zero-order valence-corrected chi connectivity index (χ0v) is 11.0. The number of pyridine rings is 1. The van der Waals surface area contributed by atoms with Crippen molar-refractivity contribution < 1.29 is 23.8 Å². The Hall–Kier alpha value is -2.96. The number of hydrogen-bond acceptors (Lipinski definition) is 4. The van der Waals surface area contributed by atoms with E-state index in [1.54, 1.807) is 0 Å². The van der Waals surface area contributed by atoms with Crippen molar-refractivity contribution >= 4 is 17.6 Å². The van der Waals surface area contributed by atoms with Crippen LogP contribution in [0, 0.1) is 5.82 Å². The van der Waals surface area contributed by atoms with E-state index < -0.39 is 17.7 Å². The molecular weight excluding hydrogens is 279 g/mol. The summed E-state index contributed by atoms with van der Waals surface area (Å²) in [4.78, 5) is 26.4. The van der Waals surface area contributed by atoms with Crippen molar-refractivity contribution in [2.24, 2.45) is 0 Å². The Labute approximate surface area is 119 Å². The second-order valence-electron chi connectivity index (χ2n) is 4.07. The minimum Gasteiger partial charge on any atom is -0.496 e. The molecule has 1 heterocycles. The lowest BCUT2D eigenvalue weighted by atomic mass is 10.1. The molecule has 21 heavy (non-hydrogen) atoms. The number of carboxylic acids is 1. The standard InChI is InChI=1S/C14H11FN2O4/c1-21-12-5-10(2-3-11(12)14(19)20)17-13(18)8-4-9(15)7-16-6-8/h2-7H,1H3,(H,17,18)(H,19,20). The molecule has 0 spiro atoms. The highest BCUT2D eigenvalue weighted by atomic mass is 19.1. The van der Waals surface area contributed by atoms with Crippen LogP contribution in [0.4, 0.5) is 10.1 Å². The van der Waals surface area contributed by atoms with Crippen LogP contribution in [-0.4, -0.2) is 29.1 Å². The number of aromatic carboxylic acids is 1. The van der Waals surface area contributed by atoms with Crippen LogP contribution in [0.3, 0.4) is 0 Å². The SMILES string of the molecule is COc1cc(NC(=O)c2cncc(F)c2)ccc1C(=O)O. The van der Waals surface area contributed by atoms with E-state index in [0.717, 1.165) is 12.3 Å². The van der Waals surface area contributed by atoms with Gasteiger partial charge in [0.25, 0.3) is 5.91 Å². The Bertz CT molecular complexity index is 703. The summed E-state index contributed by atoms with van der Waals surface area (Å²) in [7, 11) is 1.32. The number of aromatic nitrogens is 1. The fourth-order valence-corrected chi connectivity index (χ4v) is 1.68. The molecule has 6 nitrogen and oxygen atoms in total. The van der Waals surface area contributed by atoms with Crippen LogP contribution in [0.25, 0.3) is 0 Å². The highest BCUT2D eigenvalue weighted by molar-refractivity contribution is 6.04. The summed E-state index contributed by atoms with van der Waals surface area (Å²) in [6.45, 7) is 0. The molecule has 2 N–H and O–H groups in total. The molecule has 1 amide bonds. The number of carboxylic acid groups (broad SMARTS) is 1. The molecule has 7 heteroatoms. The van der Waals surface area contributed by atoms with E-state index in [-0.39, 0.29) is 16.9 Å². The topological polar surface area (TPSA) is 88.5 Å². The van der Waals surface area contributed by atoms with Crippen LogP contribution < -0.4 is 10.1 Å². The Balaban J connectivity index is 2.24. The highest BCUT2D eigenvalue weighted by Gasteiger charge is 2.13. The summed E-state index contributed by atoms with van der Waals surface area (Å²) in [6.07, 6.45) is 2.21. The number of rotatable bonds is 4.